The molecule has 5 rings (SSSR count). The number of aryl methyl sites for hydroxylation is 1. The van der Waals surface area contributed by atoms with E-state index in [0.717, 1.165) is 11.1 Å². The number of nitrogens with zero attached hydrogens (tertiary/aromatic N) is 6. The standard InChI is InChI=1S/C26H28FN7O2/c1-15(2)19-11-21(17-6-7-20(27)16(3)10-17)31-34-14-22(30-23(19)34)24(35)33-9-8-32(18-12-28-29-13-18)25(36)26(33,4)5/h6-7,10-15H,8-9H2,1-5H3,(H,28,29). The molecule has 0 atom stereocenters. The average molecular weight is 490 g/mol. The van der Waals surface area contributed by atoms with Gasteiger partial charge in [0.25, 0.3) is 11.8 Å². The van der Waals surface area contributed by atoms with E-state index in [4.69, 9.17) is 0 Å². The molecular weight excluding hydrogens is 461 g/mol. The van der Waals surface area contributed by atoms with Gasteiger partial charge in [-0.15, -0.1) is 0 Å². The number of piperazine rings is 1. The number of carbonyl (C=O) groups excluding carboxylic acids is 2. The summed E-state index contributed by atoms with van der Waals surface area (Å²) in [5, 5.41) is 11.3. The van der Waals surface area contributed by atoms with Gasteiger partial charge in [-0.2, -0.15) is 10.2 Å². The Morgan fingerprint density at radius 1 is 1.19 bits per heavy atom. The van der Waals surface area contributed by atoms with Crippen molar-refractivity contribution in [3.8, 4) is 11.3 Å². The molecule has 186 valence electrons. The second kappa shape index (κ2) is 8.54. The van der Waals surface area contributed by atoms with E-state index < -0.39 is 5.54 Å². The molecule has 0 spiro atoms. The van der Waals surface area contributed by atoms with Gasteiger partial charge < -0.3 is 9.80 Å². The van der Waals surface area contributed by atoms with Crippen molar-refractivity contribution in [2.24, 2.45) is 0 Å². The number of nitrogens with one attached hydrogen (secondary N) is 1. The second-order valence-corrected chi connectivity index (χ2v) is 9.93. The van der Waals surface area contributed by atoms with Crippen LogP contribution in [0.5, 0.6) is 0 Å². The Hall–Kier alpha value is -4.08. The van der Waals surface area contributed by atoms with E-state index in [2.05, 4.69) is 20.3 Å². The number of carbonyl (C=O) groups is 2. The number of rotatable bonds is 4. The lowest BCUT2D eigenvalue weighted by molar-refractivity contribution is -0.129. The molecule has 2 amide bonds. The third-order valence-electron chi connectivity index (χ3n) is 6.78. The minimum Gasteiger partial charge on any atom is -0.321 e. The van der Waals surface area contributed by atoms with Gasteiger partial charge in [-0.1, -0.05) is 13.8 Å². The number of benzene rings is 1. The van der Waals surface area contributed by atoms with Crippen LogP contribution in [0.1, 0.15) is 55.2 Å². The number of aromatic nitrogens is 5. The molecule has 36 heavy (non-hydrogen) atoms. The van der Waals surface area contributed by atoms with Crippen molar-refractivity contribution in [2.45, 2.75) is 46.1 Å². The fraction of sp³-hybridized carbons (Fsp3) is 0.346. The smallest absolute Gasteiger partial charge is 0.275 e. The number of hydrogen-bond donors (Lipinski definition) is 1. The van der Waals surface area contributed by atoms with E-state index in [9.17, 15) is 14.0 Å². The van der Waals surface area contributed by atoms with Gasteiger partial charge in [-0.3, -0.25) is 14.7 Å². The van der Waals surface area contributed by atoms with Crippen LogP contribution in [0.25, 0.3) is 16.9 Å². The molecular formula is C26H28FN7O2. The van der Waals surface area contributed by atoms with Gasteiger partial charge in [0.2, 0.25) is 0 Å². The number of fused-ring (bicyclic) bond motifs is 1. The summed E-state index contributed by atoms with van der Waals surface area (Å²) in [6.45, 7) is 9.98. The van der Waals surface area contributed by atoms with Gasteiger partial charge in [0.15, 0.2) is 5.65 Å². The Morgan fingerprint density at radius 2 is 1.97 bits per heavy atom. The van der Waals surface area contributed by atoms with Crippen molar-refractivity contribution >= 4 is 23.1 Å². The molecule has 1 saturated heterocycles. The first-order valence-electron chi connectivity index (χ1n) is 11.9. The van der Waals surface area contributed by atoms with E-state index >= 15 is 0 Å². The minimum atomic E-state index is -1.08. The van der Waals surface area contributed by atoms with Crippen molar-refractivity contribution in [3.05, 3.63) is 65.5 Å². The van der Waals surface area contributed by atoms with Crippen LogP contribution >= 0.6 is 0 Å². The molecule has 4 aromatic rings. The molecule has 10 heteroatoms. The van der Waals surface area contributed by atoms with Crippen molar-refractivity contribution in [2.75, 3.05) is 18.0 Å². The molecule has 9 nitrogen and oxygen atoms in total. The predicted molar refractivity (Wildman–Crippen MR) is 133 cm³/mol. The maximum absolute atomic E-state index is 13.8. The van der Waals surface area contributed by atoms with E-state index in [1.807, 2.05) is 19.9 Å². The van der Waals surface area contributed by atoms with E-state index in [1.54, 1.807) is 65.8 Å². The van der Waals surface area contributed by atoms with Crippen LogP contribution in [0.3, 0.4) is 0 Å². The molecule has 0 saturated carbocycles. The molecule has 3 aromatic heterocycles. The quantitative estimate of drug-likeness (QED) is 0.468. The van der Waals surface area contributed by atoms with Crippen LogP contribution < -0.4 is 4.90 Å². The molecule has 1 aliphatic heterocycles. The average Bonchev–Trinajstić information content (AvgIpc) is 3.51. The first kappa shape index (κ1) is 23.7. The number of H-pyrrole nitrogens is 1. The SMILES string of the molecule is Cc1cc(-c2cc(C(C)C)c3nc(C(=O)N4CCN(c5cn[nH]c5)C(=O)C4(C)C)cn3n2)ccc1F. The van der Waals surface area contributed by atoms with Gasteiger partial charge in [-0.25, -0.2) is 13.9 Å². The van der Waals surface area contributed by atoms with Crippen LogP contribution in [-0.4, -0.2) is 60.1 Å². The normalized spacial score (nSPS) is 15.8. The Labute approximate surface area is 207 Å². The Morgan fingerprint density at radius 3 is 2.64 bits per heavy atom. The lowest BCUT2D eigenvalue weighted by Crippen LogP contribution is -2.64. The highest BCUT2D eigenvalue weighted by Gasteiger charge is 2.45. The maximum atomic E-state index is 13.8. The lowest BCUT2D eigenvalue weighted by Gasteiger charge is -2.45. The predicted octanol–water partition coefficient (Wildman–Crippen LogP) is 3.96. The fourth-order valence-electron chi connectivity index (χ4n) is 4.63. The summed E-state index contributed by atoms with van der Waals surface area (Å²) in [6.07, 6.45) is 4.85. The third kappa shape index (κ3) is 3.82. The first-order chi connectivity index (χ1) is 17.1. The molecule has 1 aromatic carbocycles. The molecule has 4 heterocycles. The topological polar surface area (TPSA) is 99.5 Å². The Bertz CT molecular complexity index is 1470. The number of halogens is 1. The summed E-state index contributed by atoms with van der Waals surface area (Å²) in [5.74, 6) is -0.691. The Kier molecular flexibility index (Phi) is 5.61. The van der Waals surface area contributed by atoms with Gasteiger partial charge in [0.1, 0.15) is 17.1 Å². The highest BCUT2D eigenvalue weighted by molar-refractivity contribution is 6.05. The zero-order valence-corrected chi connectivity index (χ0v) is 20.9. The summed E-state index contributed by atoms with van der Waals surface area (Å²) in [4.78, 5) is 34.8. The summed E-state index contributed by atoms with van der Waals surface area (Å²) in [5.41, 5.74) is 3.28. The van der Waals surface area contributed by atoms with Crippen LogP contribution in [0.2, 0.25) is 0 Å². The van der Waals surface area contributed by atoms with Gasteiger partial charge in [0.05, 0.1) is 23.8 Å². The van der Waals surface area contributed by atoms with E-state index in [1.165, 1.54) is 6.07 Å². The first-order valence-corrected chi connectivity index (χ1v) is 11.9. The van der Waals surface area contributed by atoms with Gasteiger partial charge in [0, 0.05) is 30.4 Å². The maximum Gasteiger partial charge on any atom is 0.275 e. The molecule has 1 N–H and O–H groups in total. The van der Waals surface area contributed by atoms with E-state index in [0.29, 0.717) is 35.7 Å². The van der Waals surface area contributed by atoms with E-state index in [-0.39, 0.29) is 29.2 Å². The summed E-state index contributed by atoms with van der Waals surface area (Å²) >= 11 is 0. The van der Waals surface area contributed by atoms with Crippen molar-refractivity contribution in [3.63, 3.8) is 0 Å². The number of imidazole rings is 1. The van der Waals surface area contributed by atoms with Crippen molar-refractivity contribution in [1.29, 1.82) is 0 Å². The van der Waals surface area contributed by atoms with Crippen LogP contribution in [-0.2, 0) is 4.79 Å². The third-order valence-corrected chi connectivity index (χ3v) is 6.78. The minimum absolute atomic E-state index is 0.109. The Balaban J connectivity index is 1.52. The summed E-state index contributed by atoms with van der Waals surface area (Å²) in [6, 6.07) is 6.81. The monoisotopic (exact) mass is 489 g/mol. The zero-order valence-electron chi connectivity index (χ0n) is 20.9. The molecule has 1 aliphatic rings. The molecule has 0 aliphatic carbocycles. The molecule has 0 bridgehead atoms. The highest BCUT2D eigenvalue weighted by Crippen LogP contribution is 2.30. The van der Waals surface area contributed by atoms with Crippen LogP contribution in [0.15, 0.2) is 42.9 Å². The van der Waals surface area contributed by atoms with Crippen molar-refractivity contribution in [1.82, 2.24) is 29.7 Å². The number of amides is 2. The second-order valence-electron chi connectivity index (χ2n) is 9.93. The van der Waals surface area contributed by atoms with Gasteiger partial charge in [-0.05, 0) is 56.5 Å². The summed E-state index contributed by atoms with van der Waals surface area (Å²) in [7, 11) is 0. The lowest BCUT2D eigenvalue weighted by atomic mass is 9.96. The number of hydrogen-bond acceptors (Lipinski definition) is 5. The fourth-order valence-corrected chi connectivity index (χ4v) is 4.63. The van der Waals surface area contributed by atoms with Crippen LogP contribution in [0.4, 0.5) is 10.1 Å². The summed E-state index contributed by atoms with van der Waals surface area (Å²) < 4.78 is 15.4. The van der Waals surface area contributed by atoms with Crippen molar-refractivity contribution < 1.29 is 14.0 Å². The highest BCUT2D eigenvalue weighted by atomic mass is 19.1. The molecule has 0 radical (unpaired) electrons. The zero-order chi connectivity index (χ0) is 25.8. The molecule has 0 unspecified atom stereocenters. The van der Waals surface area contributed by atoms with Crippen LogP contribution in [0, 0.1) is 12.7 Å². The van der Waals surface area contributed by atoms with Gasteiger partial charge >= 0.3 is 0 Å². The number of anilines is 1. The number of aromatic amines is 1. The largest absolute Gasteiger partial charge is 0.321 e. The molecule has 1 fully saturated rings.